The van der Waals surface area contributed by atoms with E-state index in [4.69, 9.17) is 4.52 Å². The van der Waals surface area contributed by atoms with Gasteiger partial charge in [-0.15, -0.1) is 0 Å². The van der Waals surface area contributed by atoms with Crippen molar-refractivity contribution in [2.75, 3.05) is 5.32 Å². The molecule has 5 heteroatoms. The van der Waals surface area contributed by atoms with Crippen molar-refractivity contribution >= 4 is 5.82 Å². The first-order valence-corrected chi connectivity index (χ1v) is 4.71. The van der Waals surface area contributed by atoms with Crippen LogP contribution in [-0.4, -0.2) is 15.1 Å². The van der Waals surface area contributed by atoms with E-state index in [1.165, 1.54) is 0 Å². The van der Waals surface area contributed by atoms with Crippen molar-refractivity contribution in [1.82, 2.24) is 15.1 Å². The highest BCUT2D eigenvalue weighted by Crippen LogP contribution is 2.05. The predicted octanol–water partition coefficient (Wildman–Crippen LogP) is 1.69. The number of nitrogens with zero attached hydrogens (tertiary/aromatic N) is 3. The lowest BCUT2D eigenvalue weighted by atomic mass is 10.4. The zero-order valence-corrected chi connectivity index (χ0v) is 8.69. The molecule has 0 atom stereocenters. The van der Waals surface area contributed by atoms with E-state index in [0.29, 0.717) is 18.3 Å². The number of rotatable bonds is 3. The van der Waals surface area contributed by atoms with E-state index in [1.807, 2.05) is 25.1 Å². The van der Waals surface area contributed by atoms with Gasteiger partial charge in [0.25, 0.3) is 0 Å². The first-order valence-electron chi connectivity index (χ1n) is 4.71. The van der Waals surface area contributed by atoms with E-state index in [1.54, 1.807) is 6.92 Å². The molecule has 2 heterocycles. The first-order chi connectivity index (χ1) is 7.24. The zero-order valence-electron chi connectivity index (χ0n) is 8.69. The molecule has 2 aromatic heterocycles. The summed E-state index contributed by atoms with van der Waals surface area (Å²) in [6.45, 7) is 4.24. The van der Waals surface area contributed by atoms with Crippen molar-refractivity contribution in [3.8, 4) is 0 Å². The monoisotopic (exact) mass is 204 g/mol. The minimum Gasteiger partial charge on any atom is -0.363 e. The number of nitrogens with one attached hydrogen (secondary N) is 1. The van der Waals surface area contributed by atoms with Gasteiger partial charge in [0.05, 0.1) is 6.54 Å². The highest BCUT2D eigenvalue weighted by atomic mass is 16.5. The van der Waals surface area contributed by atoms with Crippen LogP contribution in [0.5, 0.6) is 0 Å². The van der Waals surface area contributed by atoms with Crippen molar-refractivity contribution < 1.29 is 4.52 Å². The quantitative estimate of drug-likeness (QED) is 0.824. The van der Waals surface area contributed by atoms with Crippen molar-refractivity contribution in [2.24, 2.45) is 0 Å². The van der Waals surface area contributed by atoms with Crippen molar-refractivity contribution in [3.05, 3.63) is 35.6 Å². The molecule has 0 bridgehead atoms. The molecular weight excluding hydrogens is 192 g/mol. The molecule has 0 spiro atoms. The summed E-state index contributed by atoms with van der Waals surface area (Å²) in [6.07, 6.45) is 0. The molecule has 0 saturated carbocycles. The second-order valence-corrected chi connectivity index (χ2v) is 3.25. The number of aromatic nitrogens is 3. The summed E-state index contributed by atoms with van der Waals surface area (Å²) in [4.78, 5) is 8.38. The number of anilines is 1. The molecular formula is C10H12N4O. The third-order valence-electron chi connectivity index (χ3n) is 1.89. The van der Waals surface area contributed by atoms with Gasteiger partial charge in [0, 0.05) is 12.6 Å². The third-order valence-corrected chi connectivity index (χ3v) is 1.89. The maximum absolute atomic E-state index is 4.86. The molecule has 5 nitrogen and oxygen atoms in total. The summed E-state index contributed by atoms with van der Waals surface area (Å²) in [7, 11) is 0. The molecule has 1 N–H and O–H groups in total. The third kappa shape index (κ3) is 2.52. The lowest BCUT2D eigenvalue weighted by Crippen LogP contribution is -2.03. The molecule has 0 unspecified atom stereocenters. The van der Waals surface area contributed by atoms with Gasteiger partial charge in [-0.1, -0.05) is 11.2 Å². The smallest absolute Gasteiger partial charge is 0.223 e. The fourth-order valence-corrected chi connectivity index (χ4v) is 1.22. The number of pyridine rings is 1. The predicted molar refractivity (Wildman–Crippen MR) is 55.3 cm³/mol. The van der Waals surface area contributed by atoms with Crippen LogP contribution in [0, 0.1) is 13.8 Å². The van der Waals surface area contributed by atoms with Gasteiger partial charge in [0.15, 0.2) is 5.82 Å². The van der Waals surface area contributed by atoms with Crippen LogP contribution < -0.4 is 5.32 Å². The molecule has 0 fully saturated rings. The van der Waals surface area contributed by atoms with Gasteiger partial charge in [0.2, 0.25) is 5.89 Å². The van der Waals surface area contributed by atoms with Gasteiger partial charge >= 0.3 is 0 Å². The Morgan fingerprint density at radius 3 is 2.80 bits per heavy atom. The molecule has 0 amide bonds. The lowest BCUT2D eigenvalue weighted by Gasteiger charge is -2.02. The molecule has 0 radical (unpaired) electrons. The highest BCUT2D eigenvalue weighted by molar-refractivity contribution is 5.35. The lowest BCUT2D eigenvalue weighted by molar-refractivity contribution is 0.388. The Hall–Kier alpha value is -1.91. The standard InChI is InChI=1S/C10H12N4O/c1-7-4-3-5-9(12-7)11-6-10-13-8(2)15-14-10/h3-5H,6H2,1-2H3,(H,11,12). The Balaban J connectivity index is 1.99. The summed E-state index contributed by atoms with van der Waals surface area (Å²) in [5.74, 6) is 2.03. The summed E-state index contributed by atoms with van der Waals surface area (Å²) >= 11 is 0. The Morgan fingerprint density at radius 1 is 1.27 bits per heavy atom. The van der Waals surface area contributed by atoms with Crippen molar-refractivity contribution in [2.45, 2.75) is 20.4 Å². The molecule has 0 saturated heterocycles. The topological polar surface area (TPSA) is 63.8 Å². The Morgan fingerprint density at radius 2 is 2.13 bits per heavy atom. The average molecular weight is 204 g/mol. The number of hydrogen-bond donors (Lipinski definition) is 1. The van der Waals surface area contributed by atoms with Crippen LogP contribution in [0.3, 0.4) is 0 Å². The van der Waals surface area contributed by atoms with Crippen LogP contribution in [0.15, 0.2) is 22.7 Å². The molecule has 2 rings (SSSR count). The zero-order chi connectivity index (χ0) is 10.7. The van der Waals surface area contributed by atoms with Gasteiger partial charge in [-0.05, 0) is 19.1 Å². The van der Waals surface area contributed by atoms with Crippen molar-refractivity contribution in [3.63, 3.8) is 0 Å². The van der Waals surface area contributed by atoms with Crippen LogP contribution in [0.25, 0.3) is 0 Å². The fourth-order valence-electron chi connectivity index (χ4n) is 1.22. The second kappa shape index (κ2) is 4.08. The number of hydrogen-bond acceptors (Lipinski definition) is 5. The molecule has 0 aliphatic heterocycles. The van der Waals surface area contributed by atoms with E-state index in [2.05, 4.69) is 20.4 Å². The Bertz CT molecular complexity index is 452. The van der Waals surface area contributed by atoms with Gasteiger partial charge in [0.1, 0.15) is 5.82 Å². The van der Waals surface area contributed by atoms with Gasteiger partial charge in [-0.2, -0.15) is 4.98 Å². The van der Waals surface area contributed by atoms with Gasteiger partial charge in [-0.3, -0.25) is 0 Å². The largest absolute Gasteiger partial charge is 0.363 e. The highest BCUT2D eigenvalue weighted by Gasteiger charge is 2.01. The molecule has 15 heavy (non-hydrogen) atoms. The van der Waals surface area contributed by atoms with E-state index in [0.717, 1.165) is 11.5 Å². The van der Waals surface area contributed by atoms with Crippen LogP contribution in [0.4, 0.5) is 5.82 Å². The van der Waals surface area contributed by atoms with Crippen molar-refractivity contribution in [1.29, 1.82) is 0 Å². The van der Waals surface area contributed by atoms with Crippen LogP contribution >= 0.6 is 0 Å². The second-order valence-electron chi connectivity index (χ2n) is 3.25. The van der Waals surface area contributed by atoms with Crippen LogP contribution in [0.1, 0.15) is 17.4 Å². The maximum atomic E-state index is 4.86. The Kier molecular flexibility index (Phi) is 2.62. The Labute approximate surface area is 87.5 Å². The number of aryl methyl sites for hydroxylation is 2. The fraction of sp³-hybridized carbons (Fsp3) is 0.300. The normalized spacial score (nSPS) is 10.3. The van der Waals surface area contributed by atoms with Crippen LogP contribution in [-0.2, 0) is 6.54 Å². The van der Waals surface area contributed by atoms with Crippen LogP contribution in [0.2, 0.25) is 0 Å². The molecule has 0 aliphatic carbocycles. The molecule has 78 valence electrons. The van der Waals surface area contributed by atoms with Gasteiger partial charge < -0.3 is 9.84 Å². The van der Waals surface area contributed by atoms with E-state index in [9.17, 15) is 0 Å². The minimum atomic E-state index is 0.522. The van der Waals surface area contributed by atoms with Gasteiger partial charge in [-0.25, -0.2) is 4.98 Å². The summed E-state index contributed by atoms with van der Waals surface area (Å²) in [5.41, 5.74) is 0.976. The SMILES string of the molecule is Cc1cccc(NCc2noc(C)n2)n1. The van der Waals surface area contributed by atoms with E-state index >= 15 is 0 Å². The van der Waals surface area contributed by atoms with E-state index in [-0.39, 0.29) is 0 Å². The summed E-state index contributed by atoms with van der Waals surface area (Å²) < 4.78 is 4.86. The molecule has 0 aliphatic rings. The minimum absolute atomic E-state index is 0.522. The first kappa shape index (κ1) is 9.64. The maximum Gasteiger partial charge on any atom is 0.223 e. The summed E-state index contributed by atoms with van der Waals surface area (Å²) in [5, 5.41) is 6.90. The van der Waals surface area contributed by atoms with E-state index < -0.39 is 0 Å². The summed E-state index contributed by atoms with van der Waals surface area (Å²) in [6, 6.07) is 5.80. The average Bonchev–Trinajstić information content (AvgIpc) is 2.62. The molecule has 2 aromatic rings. The molecule has 0 aromatic carbocycles.